The number of ether oxygens (including phenoxy) is 1. The molecule has 5 N–H and O–H groups in total. The van der Waals surface area contributed by atoms with Gasteiger partial charge in [-0.1, -0.05) is 42.3 Å². The fourth-order valence-electron chi connectivity index (χ4n) is 3.76. The number of amides is 4. The van der Waals surface area contributed by atoms with Gasteiger partial charge >= 0.3 is 6.09 Å². The molecule has 0 spiro atoms. The van der Waals surface area contributed by atoms with E-state index in [2.05, 4.69) is 16.6 Å². The van der Waals surface area contributed by atoms with Gasteiger partial charge in [0.25, 0.3) is 5.91 Å². The largest absolute Gasteiger partial charge is 0.444 e. The number of rotatable bonds is 10. The minimum Gasteiger partial charge on any atom is -0.444 e. The zero-order valence-electron chi connectivity index (χ0n) is 22.0. The highest BCUT2D eigenvalue weighted by atomic mass is 16.6. The van der Waals surface area contributed by atoms with Gasteiger partial charge in [0.15, 0.2) is 0 Å². The van der Waals surface area contributed by atoms with Gasteiger partial charge in [0.1, 0.15) is 17.7 Å². The molecule has 2 rings (SSSR count). The van der Waals surface area contributed by atoms with Crippen molar-refractivity contribution in [2.75, 3.05) is 18.5 Å². The Kier molecular flexibility index (Phi) is 10.4. The van der Waals surface area contributed by atoms with Crippen LogP contribution in [0.25, 0.3) is 0 Å². The van der Waals surface area contributed by atoms with Crippen molar-refractivity contribution in [1.82, 2.24) is 10.2 Å². The monoisotopic (exact) mass is 522 g/mol. The number of carbonyl (C=O) groups excluding carboxylic acids is 4. The number of benzene rings is 2. The molecular formula is C28H34N4O6. The van der Waals surface area contributed by atoms with Crippen molar-refractivity contribution in [3.05, 3.63) is 65.2 Å². The van der Waals surface area contributed by atoms with E-state index in [0.29, 0.717) is 16.8 Å². The summed E-state index contributed by atoms with van der Waals surface area (Å²) in [5.74, 6) is 0.205. The second-order valence-electron chi connectivity index (χ2n) is 9.56. The Balaban J connectivity index is 2.58. The molecule has 10 nitrogen and oxygen atoms in total. The minimum atomic E-state index is -1.47. The summed E-state index contributed by atoms with van der Waals surface area (Å²) in [6.07, 6.45) is 4.18. The Morgan fingerprint density at radius 1 is 1.11 bits per heavy atom. The summed E-state index contributed by atoms with van der Waals surface area (Å²) in [6, 6.07) is 10.8. The average molecular weight is 523 g/mol. The molecule has 0 aromatic heterocycles. The maximum atomic E-state index is 13.8. The lowest BCUT2D eigenvalue weighted by Crippen LogP contribution is -2.54. The number of carbonyl (C=O) groups is 4. The van der Waals surface area contributed by atoms with Crippen LogP contribution < -0.4 is 16.4 Å². The SMILES string of the molecule is C#Cc1ccccc1C(C(=O)Nc1ccccc1C)N(CCO)C(=O)C(CC(N)=O)NC(=O)OC(C)(C)C. The first kappa shape index (κ1) is 29.9. The molecule has 2 unspecified atom stereocenters. The molecule has 2 aromatic rings. The van der Waals surface area contributed by atoms with Crippen molar-refractivity contribution in [2.24, 2.45) is 5.73 Å². The summed E-state index contributed by atoms with van der Waals surface area (Å²) >= 11 is 0. The molecule has 38 heavy (non-hydrogen) atoms. The lowest BCUT2D eigenvalue weighted by molar-refractivity contribution is -0.142. The number of primary amides is 1. The third kappa shape index (κ3) is 8.35. The summed E-state index contributed by atoms with van der Waals surface area (Å²) in [6.45, 7) is 5.89. The number of alkyl carbamates (subject to hydrolysis) is 1. The van der Waals surface area contributed by atoms with Gasteiger partial charge in [0.2, 0.25) is 11.8 Å². The third-order valence-corrected chi connectivity index (χ3v) is 5.39. The van der Waals surface area contributed by atoms with Crippen molar-refractivity contribution >= 4 is 29.5 Å². The number of aliphatic hydroxyl groups is 1. The molecule has 0 saturated carbocycles. The molecule has 10 heteroatoms. The fraction of sp³-hybridized carbons (Fsp3) is 0.357. The molecule has 2 aromatic carbocycles. The minimum absolute atomic E-state index is 0.311. The van der Waals surface area contributed by atoms with E-state index in [4.69, 9.17) is 16.9 Å². The van der Waals surface area contributed by atoms with Crippen molar-refractivity contribution < 1.29 is 29.0 Å². The van der Waals surface area contributed by atoms with Crippen molar-refractivity contribution in [3.63, 3.8) is 0 Å². The van der Waals surface area contributed by atoms with Gasteiger partial charge < -0.3 is 31.1 Å². The summed E-state index contributed by atoms with van der Waals surface area (Å²) in [5, 5.41) is 15.0. The van der Waals surface area contributed by atoms with Gasteiger partial charge in [-0.2, -0.15) is 0 Å². The van der Waals surface area contributed by atoms with Crippen molar-refractivity contribution in [2.45, 2.75) is 51.8 Å². The number of hydrogen-bond donors (Lipinski definition) is 4. The summed E-state index contributed by atoms with van der Waals surface area (Å²) in [7, 11) is 0. The van der Waals surface area contributed by atoms with E-state index >= 15 is 0 Å². The molecule has 202 valence electrons. The van der Waals surface area contributed by atoms with Crippen LogP contribution in [-0.4, -0.2) is 58.6 Å². The summed E-state index contributed by atoms with van der Waals surface area (Å²) in [5.41, 5.74) is 6.44. The number of nitrogens with zero attached hydrogens (tertiary/aromatic N) is 1. The number of hydrogen-bond acceptors (Lipinski definition) is 6. The standard InChI is InChI=1S/C28H34N4O6/c1-6-19-12-8-9-13-20(19)24(25(35)30-21-14-10-7-11-18(21)2)32(15-16-33)26(36)22(17-23(29)34)31-27(37)38-28(3,4)5/h1,7-14,22,24,33H,15-17H2,2-5H3,(H2,29,34)(H,30,35)(H,31,37). The van der Waals surface area contributed by atoms with E-state index < -0.39 is 54.5 Å². The predicted molar refractivity (Wildman–Crippen MR) is 143 cm³/mol. The van der Waals surface area contributed by atoms with Crippen LogP contribution in [0.5, 0.6) is 0 Å². The number of anilines is 1. The van der Waals surface area contributed by atoms with Crippen LogP contribution in [0.3, 0.4) is 0 Å². The van der Waals surface area contributed by atoms with E-state index in [-0.39, 0.29) is 6.54 Å². The van der Waals surface area contributed by atoms with Gasteiger partial charge in [-0.25, -0.2) is 4.79 Å². The highest BCUT2D eigenvalue weighted by Crippen LogP contribution is 2.28. The Labute approximate surface area is 222 Å². The molecule has 2 atom stereocenters. The van der Waals surface area contributed by atoms with Crippen molar-refractivity contribution in [3.8, 4) is 12.3 Å². The van der Waals surface area contributed by atoms with E-state index in [1.165, 1.54) is 0 Å². The van der Waals surface area contributed by atoms with Crippen LogP contribution in [0.15, 0.2) is 48.5 Å². The first-order valence-corrected chi connectivity index (χ1v) is 12.0. The topological polar surface area (TPSA) is 151 Å². The van der Waals surface area contributed by atoms with Gasteiger partial charge in [-0.05, 0) is 51.0 Å². The normalized spacial score (nSPS) is 12.4. The number of para-hydroxylation sites is 1. The summed E-state index contributed by atoms with van der Waals surface area (Å²) < 4.78 is 5.23. The second-order valence-corrected chi connectivity index (χ2v) is 9.56. The average Bonchev–Trinajstić information content (AvgIpc) is 2.83. The molecule has 0 saturated heterocycles. The molecule has 0 fully saturated rings. The predicted octanol–water partition coefficient (Wildman–Crippen LogP) is 2.25. The van der Waals surface area contributed by atoms with E-state index in [1.807, 2.05) is 19.1 Å². The van der Waals surface area contributed by atoms with Crippen LogP contribution in [0.4, 0.5) is 10.5 Å². The van der Waals surface area contributed by atoms with Crippen molar-refractivity contribution in [1.29, 1.82) is 0 Å². The highest BCUT2D eigenvalue weighted by Gasteiger charge is 2.37. The molecule has 0 bridgehead atoms. The lowest BCUT2D eigenvalue weighted by atomic mass is 9.97. The molecule has 4 amide bonds. The molecule has 0 radical (unpaired) electrons. The maximum Gasteiger partial charge on any atom is 0.408 e. The van der Waals surface area contributed by atoms with Gasteiger partial charge in [0.05, 0.1) is 13.0 Å². The lowest BCUT2D eigenvalue weighted by Gasteiger charge is -2.34. The molecule has 0 aliphatic carbocycles. The first-order chi connectivity index (χ1) is 17.9. The Hall–Kier alpha value is -4.36. The third-order valence-electron chi connectivity index (χ3n) is 5.39. The number of aliphatic hydroxyl groups excluding tert-OH is 1. The molecular weight excluding hydrogens is 488 g/mol. The smallest absolute Gasteiger partial charge is 0.408 e. The Bertz CT molecular complexity index is 1210. The molecule has 0 heterocycles. The summed E-state index contributed by atoms with van der Waals surface area (Å²) in [4.78, 5) is 52.9. The van der Waals surface area contributed by atoms with E-state index in [1.54, 1.807) is 57.2 Å². The number of aryl methyl sites for hydroxylation is 1. The van der Waals surface area contributed by atoms with E-state index in [0.717, 1.165) is 10.5 Å². The highest BCUT2D eigenvalue weighted by molar-refractivity contribution is 6.00. The van der Waals surface area contributed by atoms with Crippen LogP contribution in [-0.2, 0) is 19.1 Å². The van der Waals surface area contributed by atoms with Crippen LogP contribution in [0.1, 0.15) is 49.9 Å². The Morgan fingerprint density at radius 2 is 1.74 bits per heavy atom. The zero-order valence-corrected chi connectivity index (χ0v) is 22.0. The fourth-order valence-corrected chi connectivity index (χ4v) is 3.76. The Morgan fingerprint density at radius 3 is 2.32 bits per heavy atom. The zero-order chi connectivity index (χ0) is 28.5. The van der Waals surface area contributed by atoms with Gasteiger partial charge in [0, 0.05) is 17.8 Å². The van der Waals surface area contributed by atoms with Gasteiger partial charge in [-0.15, -0.1) is 6.42 Å². The number of nitrogens with two attached hydrogens (primary N) is 1. The number of terminal acetylenes is 1. The first-order valence-electron chi connectivity index (χ1n) is 12.0. The molecule has 0 aliphatic rings. The van der Waals surface area contributed by atoms with E-state index in [9.17, 15) is 24.3 Å². The van der Waals surface area contributed by atoms with Crippen LogP contribution in [0.2, 0.25) is 0 Å². The van der Waals surface area contributed by atoms with Gasteiger partial charge in [-0.3, -0.25) is 14.4 Å². The maximum absolute atomic E-state index is 13.8. The number of nitrogens with one attached hydrogen (secondary N) is 2. The van der Waals surface area contributed by atoms with Crippen LogP contribution in [0, 0.1) is 19.3 Å². The molecule has 0 aliphatic heterocycles. The quantitative estimate of drug-likeness (QED) is 0.351. The van der Waals surface area contributed by atoms with Crippen LogP contribution >= 0.6 is 0 Å². The second kappa shape index (κ2) is 13.3.